The predicted molar refractivity (Wildman–Crippen MR) is 107 cm³/mol. The van der Waals surface area contributed by atoms with E-state index in [4.69, 9.17) is 4.42 Å². The number of rotatable bonds is 3. The van der Waals surface area contributed by atoms with Crippen LogP contribution < -0.4 is 0 Å². The molecule has 1 amide bonds. The van der Waals surface area contributed by atoms with Crippen LogP contribution in [0.4, 0.5) is 4.39 Å². The molecular formula is C20H16FN9O2. The number of aromatic amines is 1. The Balaban J connectivity index is 1.42. The van der Waals surface area contributed by atoms with E-state index in [9.17, 15) is 9.18 Å². The van der Waals surface area contributed by atoms with Crippen LogP contribution in [0.3, 0.4) is 0 Å². The number of H-pyrrole nitrogens is 1. The van der Waals surface area contributed by atoms with E-state index in [1.165, 1.54) is 10.6 Å². The molecule has 5 aromatic rings. The van der Waals surface area contributed by atoms with Crippen LogP contribution in [0.5, 0.6) is 0 Å². The molecule has 0 fully saturated rings. The van der Waals surface area contributed by atoms with Crippen LogP contribution in [-0.4, -0.2) is 56.9 Å². The number of halogens is 1. The SMILES string of the molecule is Cn1nccc1-c1nnc(C(=O)N2CCc3[nH]cnc3[C@@H]2c2cc3cccc(F)n3n2)o1. The summed E-state index contributed by atoms with van der Waals surface area (Å²) in [4.78, 5) is 22.5. The zero-order chi connectivity index (χ0) is 21.8. The van der Waals surface area contributed by atoms with Gasteiger partial charge in [0.15, 0.2) is 0 Å². The number of fused-ring (bicyclic) bond motifs is 2. The highest BCUT2D eigenvalue weighted by Gasteiger charge is 2.38. The fraction of sp³-hybridized carbons (Fsp3) is 0.200. The number of amides is 1. The van der Waals surface area contributed by atoms with E-state index in [0.717, 1.165) is 5.69 Å². The van der Waals surface area contributed by atoms with Gasteiger partial charge in [-0.05, 0) is 24.3 Å². The standard InChI is InChI=1S/C20H16FN9O2/c1-28-14(5-7-24-28)18-25-26-19(32-18)20(31)29-8-6-12-16(23-10-22-12)17(29)13-9-11-3-2-4-15(21)30(11)27-13/h2-5,7,9-10,17H,6,8H2,1H3,(H,22,23)/t17-/m0/s1. The van der Waals surface area contributed by atoms with E-state index in [1.807, 2.05) is 0 Å². The third-order valence-electron chi connectivity index (χ3n) is 5.57. The average Bonchev–Trinajstić information content (AvgIpc) is 3.57. The number of nitrogens with zero attached hydrogens (tertiary/aromatic N) is 8. The van der Waals surface area contributed by atoms with Gasteiger partial charge in [-0.3, -0.25) is 9.48 Å². The van der Waals surface area contributed by atoms with Crippen molar-refractivity contribution >= 4 is 11.4 Å². The van der Waals surface area contributed by atoms with E-state index in [2.05, 4.69) is 30.4 Å². The number of nitrogens with one attached hydrogen (secondary N) is 1. The minimum Gasteiger partial charge on any atom is -0.411 e. The molecule has 11 nitrogen and oxygen atoms in total. The lowest BCUT2D eigenvalue weighted by Gasteiger charge is -2.32. The molecule has 0 aliphatic carbocycles. The maximum atomic E-state index is 14.3. The summed E-state index contributed by atoms with van der Waals surface area (Å²) in [5, 5.41) is 16.4. The summed E-state index contributed by atoms with van der Waals surface area (Å²) < 4.78 is 22.7. The van der Waals surface area contributed by atoms with Crippen LogP contribution in [-0.2, 0) is 13.5 Å². The number of carbonyl (C=O) groups excluding carboxylic acids is 1. The summed E-state index contributed by atoms with van der Waals surface area (Å²) in [6.07, 6.45) is 3.75. The van der Waals surface area contributed by atoms with E-state index < -0.39 is 17.9 Å². The van der Waals surface area contributed by atoms with E-state index in [-0.39, 0.29) is 11.8 Å². The Kier molecular flexibility index (Phi) is 3.93. The molecule has 32 heavy (non-hydrogen) atoms. The van der Waals surface area contributed by atoms with Crippen molar-refractivity contribution < 1.29 is 13.6 Å². The quantitative estimate of drug-likeness (QED) is 0.430. The van der Waals surface area contributed by atoms with Gasteiger partial charge < -0.3 is 14.3 Å². The maximum absolute atomic E-state index is 14.3. The number of carbonyl (C=O) groups is 1. The molecule has 1 aliphatic rings. The van der Waals surface area contributed by atoms with Gasteiger partial charge in [-0.2, -0.15) is 14.6 Å². The third-order valence-corrected chi connectivity index (χ3v) is 5.57. The molecule has 1 N–H and O–H groups in total. The number of aromatic nitrogens is 8. The minimum atomic E-state index is -0.635. The lowest BCUT2D eigenvalue weighted by atomic mass is 9.99. The summed E-state index contributed by atoms with van der Waals surface area (Å²) in [5.41, 5.74) is 3.21. The first-order chi connectivity index (χ1) is 15.6. The van der Waals surface area contributed by atoms with Gasteiger partial charge in [-0.15, -0.1) is 10.2 Å². The molecule has 1 aliphatic heterocycles. The highest BCUT2D eigenvalue weighted by Crippen LogP contribution is 2.34. The number of hydrogen-bond acceptors (Lipinski definition) is 7. The summed E-state index contributed by atoms with van der Waals surface area (Å²) in [5.74, 6) is -0.915. The van der Waals surface area contributed by atoms with Crippen molar-refractivity contribution in [3.05, 3.63) is 71.8 Å². The first kappa shape index (κ1) is 18.4. The van der Waals surface area contributed by atoms with Crippen molar-refractivity contribution in [2.75, 3.05) is 6.54 Å². The molecule has 12 heteroatoms. The number of hydrogen-bond donors (Lipinski definition) is 1. The molecule has 0 aromatic carbocycles. The summed E-state index contributed by atoms with van der Waals surface area (Å²) >= 11 is 0. The lowest BCUT2D eigenvalue weighted by Crippen LogP contribution is -2.41. The van der Waals surface area contributed by atoms with Crippen molar-refractivity contribution in [3.8, 4) is 11.6 Å². The van der Waals surface area contributed by atoms with Gasteiger partial charge in [-0.25, -0.2) is 9.50 Å². The van der Waals surface area contributed by atoms with Crippen LogP contribution in [0.1, 0.15) is 33.8 Å². The Morgan fingerprint density at radius 2 is 2.19 bits per heavy atom. The second-order valence-electron chi connectivity index (χ2n) is 7.42. The van der Waals surface area contributed by atoms with Gasteiger partial charge in [-0.1, -0.05) is 6.07 Å². The van der Waals surface area contributed by atoms with Crippen molar-refractivity contribution in [1.29, 1.82) is 0 Å². The molecule has 5 aromatic heterocycles. The first-order valence-corrected chi connectivity index (χ1v) is 9.89. The normalized spacial score (nSPS) is 15.9. The van der Waals surface area contributed by atoms with Crippen molar-refractivity contribution in [3.63, 3.8) is 0 Å². The smallest absolute Gasteiger partial charge is 0.312 e. The molecular weight excluding hydrogens is 417 g/mol. The second kappa shape index (κ2) is 6.83. The summed E-state index contributed by atoms with van der Waals surface area (Å²) in [7, 11) is 1.74. The molecule has 6 rings (SSSR count). The molecule has 0 saturated carbocycles. The van der Waals surface area contributed by atoms with Gasteiger partial charge in [0.1, 0.15) is 11.7 Å². The molecule has 1 atom stereocenters. The zero-order valence-electron chi connectivity index (χ0n) is 16.8. The summed E-state index contributed by atoms with van der Waals surface area (Å²) in [6, 6.07) is 7.51. The fourth-order valence-corrected chi connectivity index (χ4v) is 4.05. The van der Waals surface area contributed by atoms with Crippen LogP contribution >= 0.6 is 0 Å². The van der Waals surface area contributed by atoms with Crippen molar-refractivity contribution in [2.24, 2.45) is 7.05 Å². The molecule has 160 valence electrons. The molecule has 0 saturated heterocycles. The molecule has 0 bridgehead atoms. The van der Waals surface area contributed by atoms with Gasteiger partial charge in [0, 0.05) is 31.9 Å². The number of aryl methyl sites for hydroxylation is 1. The zero-order valence-corrected chi connectivity index (χ0v) is 16.8. The minimum absolute atomic E-state index is 0.153. The van der Waals surface area contributed by atoms with Crippen LogP contribution in [0, 0.1) is 5.95 Å². The number of pyridine rings is 1. The summed E-state index contributed by atoms with van der Waals surface area (Å²) in [6.45, 7) is 0.373. The Bertz CT molecular complexity index is 1460. The predicted octanol–water partition coefficient (Wildman–Crippen LogP) is 1.77. The maximum Gasteiger partial charge on any atom is 0.312 e. The Morgan fingerprint density at radius 3 is 3.00 bits per heavy atom. The molecule has 0 spiro atoms. The highest BCUT2D eigenvalue weighted by atomic mass is 19.1. The Morgan fingerprint density at radius 1 is 1.28 bits per heavy atom. The third kappa shape index (κ3) is 2.72. The topological polar surface area (TPSA) is 123 Å². The van der Waals surface area contributed by atoms with Crippen LogP contribution in [0.25, 0.3) is 17.1 Å². The first-order valence-electron chi connectivity index (χ1n) is 9.89. The monoisotopic (exact) mass is 433 g/mol. The Hall–Kier alpha value is -4.35. The molecule has 0 radical (unpaired) electrons. The average molecular weight is 433 g/mol. The van der Waals surface area contributed by atoms with E-state index >= 15 is 0 Å². The van der Waals surface area contributed by atoms with Crippen LogP contribution in [0.15, 0.2) is 47.3 Å². The van der Waals surface area contributed by atoms with E-state index in [1.54, 1.807) is 53.4 Å². The van der Waals surface area contributed by atoms with Gasteiger partial charge in [0.2, 0.25) is 5.95 Å². The second-order valence-corrected chi connectivity index (χ2v) is 7.42. The number of imidazole rings is 1. The van der Waals surface area contributed by atoms with E-state index in [0.29, 0.717) is 35.6 Å². The molecule has 0 unspecified atom stereocenters. The van der Waals surface area contributed by atoms with Gasteiger partial charge in [0.25, 0.3) is 5.89 Å². The van der Waals surface area contributed by atoms with Gasteiger partial charge >= 0.3 is 11.8 Å². The van der Waals surface area contributed by atoms with Crippen molar-refractivity contribution in [2.45, 2.75) is 12.5 Å². The van der Waals surface area contributed by atoms with Gasteiger partial charge in [0.05, 0.1) is 23.2 Å². The fourth-order valence-electron chi connectivity index (χ4n) is 4.05. The van der Waals surface area contributed by atoms with Crippen molar-refractivity contribution in [1.82, 2.24) is 44.5 Å². The molecule has 6 heterocycles. The highest BCUT2D eigenvalue weighted by molar-refractivity contribution is 5.90. The largest absolute Gasteiger partial charge is 0.411 e. The van der Waals surface area contributed by atoms with Crippen LogP contribution in [0.2, 0.25) is 0 Å². The lowest BCUT2D eigenvalue weighted by molar-refractivity contribution is 0.0646. The Labute approximate surface area is 179 Å².